The van der Waals surface area contributed by atoms with Crippen LogP contribution in [-0.2, 0) is 9.53 Å². The van der Waals surface area contributed by atoms with E-state index in [1.54, 1.807) is 6.92 Å². The lowest BCUT2D eigenvalue weighted by Crippen LogP contribution is -2.06. The average molecular weight is 183 g/mol. The fourth-order valence-corrected chi connectivity index (χ4v) is 0.449. The van der Waals surface area contributed by atoms with E-state index in [1.807, 2.05) is 0 Å². The van der Waals surface area contributed by atoms with Crippen molar-refractivity contribution in [2.45, 2.75) is 13.3 Å². The molecule has 0 fully saturated rings. The summed E-state index contributed by atoms with van der Waals surface area (Å²) in [6.45, 7) is 4.80. The minimum atomic E-state index is -0.558. The molecule has 0 saturated carbocycles. The number of hydrogen-bond acceptors (Lipinski definition) is 2. The van der Waals surface area contributed by atoms with Gasteiger partial charge in [0, 0.05) is 12.0 Å². The van der Waals surface area contributed by atoms with E-state index >= 15 is 0 Å². The van der Waals surface area contributed by atoms with Gasteiger partial charge in [-0.2, -0.15) is 0 Å². The smallest absolute Gasteiger partial charge is 0.333 e. The molecule has 2 nitrogen and oxygen atoms in total. The van der Waals surface area contributed by atoms with Gasteiger partial charge in [-0.05, 0) is 6.92 Å². The van der Waals surface area contributed by atoms with Crippen molar-refractivity contribution >= 4 is 18.4 Å². The quantitative estimate of drug-likeness (QED) is 0.490. The Balaban J connectivity index is 0. The Bertz CT molecular complexity index is 120. The number of carbonyl (C=O) groups is 1. The van der Waals surface area contributed by atoms with Gasteiger partial charge in [0.25, 0.3) is 0 Å². The molecule has 0 heterocycles. The number of halogens is 2. The van der Waals surface area contributed by atoms with Crippen molar-refractivity contribution in [3.05, 3.63) is 12.2 Å². The Morgan fingerprint density at radius 1 is 1.64 bits per heavy atom. The van der Waals surface area contributed by atoms with E-state index < -0.39 is 12.6 Å². The first kappa shape index (κ1) is 13.1. The van der Waals surface area contributed by atoms with Gasteiger partial charge in [-0.1, -0.05) is 6.58 Å². The lowest BCUT2D eigenvalue weighted by molar-refractivity contribution is -0.138. The molecular formula is C7H12ClFO2. The molecule has 0 saturated heterocycles. The molecule has 0 aromatic carbocycles. The van der Waals surface area contributed by atoms with Crippen LogP contribution in [0.4, 0.5) is 4.39 Å². The molecule has 0 radical (unpaired) electrons. The fraction of sp³-hybridized carbons (Fsp3) is 0.571. The van der Waals surface area contributed by atoms with Gasteiger partial charge in [0.15, 0.2) is 0 Å². The van der Waals surface area contributed by atoms with Crippen LogP contribution in [-0.4, -0.2) is 19.3 Å². The third-order valence-corrected chi connectivity index (χ3v) is 0.960. The van der Waals surface area contributed by atoms with Crippen molar-refractivity contribution in [2.75, 3.05) is 13.3 Å². The Morgan fingerprint density at radius 2 is 2.18 bits per heavy atom. The minimum Gasteiger partial charge on any atom is -0.463 e. The zero-order valence-electron chi connectivity index (χ0n) is 6.43. The lowest BCUT2D eigenvalue weighted by Gasteiger charge is -2.00. The molecule has 4 heteroatoms. The van der Waals surface area contributed by atoms with Crippen molar-refractivity contribution in [1.29, 1.82) is 0 Å². The molecule has 0 aliphatic carbocycles. The van der Waals surface area contributed by atoms with Gasteiger partial charge in [-0.3, -0.25) is 4.39 Å². The van der Waals surface area contributed by atoms with Crippen LogP contribution in [0.15, 0.2) is 12.2 Å². The molecule has 11 heavy (non-hydrogen) atoms. The first-order valence-electron chi connectivity index (χ1n) is 3.13. The van der Waals surface area contributed by atoms with E-state index in [-0.39, 0.29) is 24.4 Å². The molecule has 66 valence electrons. The second-order valence-corrected chi connectivity index (χ2v) is 1.76. The number of hydrogen-bond donors (Lipinski definition) is 0. The molecule has 0 aliphatic rings. The molecule has 0 bridgehead atoms. The van der Waals surface area contributed by atoms with Crippen LogP contribution in [0.25, 0.3) is 0 Å². The summed E-state index contributed by atoms with van der Waals surface area (Å²) >= 11 is 0. The molecule has 0 aromatic rings. The topological polar surface area (TPSA) is 26.3 Å². The number of ether oxygens (including phenoxy) is 1. The van der Waals surface area contributed by atoms with E-state index in [0.29, 0.717) is 6.61 Å². The zero-order chi connectivity index (χ0) is 7.98. The summed E-state index contributed by atoms with van der Waals surface area (Å²) in [6, 6.07) is 0. The number of rotatable bonds is 4. The predicted octanol–water partition coefficient (Wildman–Crippen LogP) is 1.89. The van der Waals surface area contributed by atoms with Crippen molar-refractivity contribution in [1.82, 2.24) is 0 Å². The van der Waals surface area contributed by atoms with Crippen LogP contribution in [0.3, 0.4) is 0 Å². The van der Waals surface area contributed by atoms with Crippen LogP contribution < -0.4 is 0 Å². The maximum Gasteiger partial charge on any atom is 0.333 e. The van der Waals surface area contributed by atoms with Crippen molar-refractivity contribution in [3.63, 3.8) is 0 Å². The van der Waals surface area contributed by atoms with Crippen molar-refractivity contribution in [3.8, 4) is 0 Å². The third-order valence-electron chi connectivity index (χ3n) is 0.960. The molecule has 0 N–H and O–H groups in total. The standard InChI is InChI=1S/C7H11FO2.ClH/c1-3-10-7(9)6(2)4-5-8;/h2-5H2,1H3;1H. The Morgan fingerprint density at radius 3 is 2.55 bits per heavy atom. The first-order chi connectivity index (χ1) is 4.72. The monoisotopic (exact) mass is 182 g/mol. The highest BCUT2D eigenvalue weighted by Crippen LogP contribution is 2.00. The van der Waals surface area contributed by atoms with Gasteiger partial charge in [0.05, 0.1) is 13.3 Å². The van der Waals surface area contributed by atoms with Crippen molar-refractivity contribution < 1.29 is 13.9 Å². The van der Waals surface area contributed by atoms with E-state index in [1.165, 1.54) is 0 Å². The average Bonchev–Trinajstić information content (AvgIpc) is 1.89. The second-order valence-electron chi connectivity index (χ2n) is 1.76. The van der Waals surface area contributed by atoms with E-state index in [9.17, 15) is 9.18 Å². The SMILES string of the molecule is C=C(CCF)C(=O)OCC.Cl. The van der Waals surface area contributed by atoms with Crippen molar-refractivity contribution in [2.24, 2.45) is 0 Å². The summed E-state index contributed by atoms with van der Waals surface area (Å²) in [5, 5.41) is 0. The van der Waals surface area contributed by atoms with E-state index in [2.05, 4.69) is 11.3 Å². The third kappa shape index (κ3) is 5.85. The molecule has 0 aliphatic heterocycles. The minimum absolute atomic E-state index is 0. The highest BCUT2D eigenvalue weighted by atomic mass is 35.5. The fourth-order valence-electron chi connectivity index (χ4n) is 0.449. The Kier molecular flexibility index (Phi) is 8.94. The van der Waals surface area contributed by atoms with E-state index in [4.69, 9.17) is 0 Å². The van der Waals surface area contributed by atoms with Gasteiger partial charge in [0.1, 0.15) is 0 Å². The predicted molar refractivity (Wildman–Crippen MR) is 43.6 cm³/mol. The van der Waals surface area contributed by atoms with Crippen LogP contribution in [0, 0.1) is 0 Å². The summed E-state index contributed by atoms with van der Waals surface area (Å²) < 4.78 is 16.1. The summed E-state index contributed by atoms with van der Waals surface area (Å²) in [5.74, 6) is -0.500. The van der Waals surface area contributed by atoms with Crippen LogP contribution in [0.5, 0.6) is 0 Å². The van der Waals surface area contributed by atoms with Gasteiger partial charge in [-0.25, -0.2) is 4.79 Å². The highest BCUT2D eigenvalue weighted by molar-refractivity contribution is 5.87. The van der Waals surface area contributed by atoms with Gasteiger partial charge in [0.2, 0.25) is 0 Å². The Hall–Kier alpha value is -0.570. The maximum absolute atomic E-state index is 11.6. The summed E-state index contributed by atoms with van der Waals surface area (Å²) in [5.41, 5.74) is 0.198. The van der Waals surface area contributed by atoms with Crippen LogP contribution >= 0.6 is 12.4 Å². The van der Waals surface area contributed by atoms with Crippen LogP contribution in [0.2, 0.25) is 0 Å². The number of esters is 1. The van der Waals surface area contributed by atoms with Gasteiger partial charge >= 0.3 is 5.97 Å². The second kappa shape index (κ2) is 7.54. The van der Waals surface area contributed by atoms with Gasteiger partial charge in [-0.15, -0.1) is 12.4 Å². The summed E-state index contributed by atoms with van der Waals surface area (Å²) in [7, 11) is 0. The Labute approximate surface area is 71.8 Å². The van der Waals surface area contributed by atoms with Crippen LogP contribution in [0.1, 0.15) is 13.3 Å². The van der Waals surface area contributed by atoms with Gasteiger partial charge < -0.3 is 4.74 Å². The highest BCUT2D eigenvalue weighted by Gasteiger charge is 2.05. The summed E-state index contributed by atoms with van der Waals surface area (Å²) in [6.07, 6.45) is 0.0683. The molecular weight excluding hydrogens is 171 g/mol. The zero-order valence-corrected chi connectivity index (χ0v) is 7.25. The summed E-state index contributed by atoms with van der Waals surface area (Å²) in [4.78, 5) is 10.6. The molecule has 0 atom stereocenters. The lowest BCUT2D eigenvalue weighted by atomic mass is 10.2. The van der Waals surface area contributed by atoms with E-state index in [0.717, 1.165) is 0 Å². The molecule has 0 unspecified atom stereocenters. The molecule has 0 amide bonds. The first-order valence-corrected chi connectivity index (χ1v) is 3.13. The normalized spacial score (nSPS) is 8.18. The molecule has 0 aromatic heterocycles. The maximum atomic E-state index is 11.6. The molecule has 0 rings (SSSR count). The number of alkyl halides is 1. The number of carbonyl (C=O) groups excluding carboxylic acids is 1. The largest absolute Gasteiger partial charge is 0.463 e. The molecule has 0 spiro atoms.